The molecular formula is C21H34N. The number of hydrogen-bond donors (Lipinski definition) is 1. The zero-order chi connectivity index (χ0) is 15.5. The zero-order valence-corrected chi connectivity index (χ0v) is 14.2. The summed E-state index contributed by atoms with van der Waals surface area (Å²) in [6, 6.07) is 10.9. The average Bonchev–Trinajstić information content (AvgIpc) is 2.57. The van der Waals surface area contributed by atoms with Crippen molar-refractivity contribution in [1.29, 1.82) is 0 Å². The number of unbranched alkanes of at least 4 members (excludes halogenated alkanes) is 4. The molecule has 0 spiro atoms. The predicted octanol–water partition coefficient (Wildman–Crippen LogP) is 5.41. The lowest BCUT2D eigenvalue weighted by Crippen LogP contribution is -2.36. The summed E-state index contributed by atoms with van der Waals surface area (Å²) in [5.74, 6) is 1.90. The van der Waals surface area contributed by atoms with Crippen molar-refractivity contribution in [2.45, 2.75) is 64.2 Å². The minimum absolute atomic E-state index is 0.926. The van der Waals surface area contributed by atoms with Crippen LogP contribution in [0.2, 0.25) is 0 Å². The van der Waals surface area contributed by atoms with E-state index >= 15 is 0 Å². The first-order valence-corrected chi connectivity index (χ1v) is 9.44. The van der Waals surface area contributed by atoms with Crippen molar-refractivity contribution in [1.82, 2.24) is 5.32 Å². The van der Waals surface area contributed by atoms with Crippen LogP contribution < -0.4 is 5.32 Å². The SMILES string of the molecule is [CH2]CCCCC1CCNCC1CCCCCc1ccccc1. The minimum Gasteiger partial charge on any atom is -0.316 e. The normalized spacial score (nSPS) is 21.9. The number of aryl methyl sites for hydroxylation is 1. The molecule has 1 heterocycles. The Morgan fingerprint density at radius 1 is 0.909 bits per heavy atom. The summed E-state index contributed by atoms with van der Waals surface area (Å²) in [5.41, 5.74) is 1.49. The fourth-order valence-electron chi connectivity index (χ4n) is 3.84. The van der Waals surface area contributed by atoms with Gasteiger partial charge in [-0.3, -0.25) is 0 Å². The minimum atomic E-state index is 0.926. The average molecular weight is 301 g/mol. The molecule has 0 amide bonds. The van der Waals surface area contributed by atoms with E-state index in [1.54, 1.807) is 0 Å². The van der Waals surface area contributed by atoms with Crippen molar-refractivity contribution in [2.24, 2.45) is 11.8 Å². The Labute approximate surface area is 137 Å². The lowest BCUT2D eigenvalue weighted by atomic mass is 9.80. The second-order valence-electron chi connectivity index (χ2n) is 6.95. The maximum absolute atomic E-state index is 3.97. The van der Waals surface area contributed by atoms with Gasteiger partial charge in [0.15, 0.2) is 0 Å². The van der Waals surface area contributed by atoms with Crippen LogP contribution in [0.1, 0.15) is 63.4 Å². The van der Waals surface area contributed by atoms with E-state index in [1.165, 1.54) is 76.4 Å². The molecule has 1 N–H and O–H groups in total. The molecule has 123 valence electrons. The van der Waals surface area contributed by atoms with Gasteiger partial charge in [-0.25, -0.2) is 0 Å². The summed E-state index contributed by atoms with van der Waals surface area (Å²) in [5, 5.41) is 3.61. The fraction of sp³-hybridized carbons (Fsp3) is 0.667. The van der Waals surface area contributed by atoms with Gasteiger partial charge < -0.3 is 5.32 Å². The van der Waals surface area contributed by atoms with Crippen molar-refractivity contribution < 1.29 is 0 Å². The molecule has 22 heavy (non-hydrogen) atoms. The highest BCUT2D eigenvalue weighted by Gasteiger charge is 2.23. The van der Waals surface area contributed by atoms with E-state index in [2.05, 4.69) is 42.6 Å². The fourth-order valence-corrected chi connectivity index (χ4v) is 3.84. The van der Waals surface area contributed by atoms with Gasteiger partial charge in [0.2, 0.25) is 0 Å². The summed E-state index contributed by atoms with van der Waals surface area (Å²) < 4.78 is 0. The Kier molecular flexibility index (Phi) is 8.63. The molecule has 0 aromatic heterocycles. The second-order valence-corrected chi connectivity index (χ2v) is 6.95. The van der Waals surface area contributed by atoms with Crippen LogP contribution in [0.5, 0.6) is 0 Å². The second kappa shape index (κ2) is 10.8. The summed E-state index contributed by atoms with van der Waals surface area (Å²) in [4.78, 5) is 0. The standard InChI is InChI=1S/C21H34N/c1-2-3-6-14-20-16-17-22-18-21(20)15-10-5-9-13-19-11-7-4-8-12-19/h4,7-8,11-12,20-22H,1-3,5-6,9-10,13-18H2. The van der Waals surface area contributed by atoms with Gasteiger partial charge in [0.25, 0.3) is 0 Å². The molecule has 1 aromatic carbocycles. The number of hydrogen-bond acceptors (Lipinski definition) is 1. The Morgan fingerprint density at radius 2 is 1.68 bits per heavy atom. The van der Waals surface area contributed by atoms with Crippen LogP contribution in [-0.4, -0.2) is 13.1 Å². The summed E-state index contributed by atoms with van der Waals surface area (Å²) in [7, 11) is 0. The van der Waals surface area contributed by atoms with Crippen molar-refractivity contribution in [3.63, 3.8) is 0 Å². The number of piperidine rings is 1. The zero-order valence-electron chi connectivity index (χ0n) is 14.2. The monoisotopic (exact) mass is 300 g/mol. The Balaban J connectivity index is 1.59. The van der Waals surface area contributed by atoms with Crippen LogP contribution in [-0.2, 0) is 6.42 Å². The molecule has 2 rings (SSSR count). The van der Waals surface area contributed by atoms with Gasteiger partial charge >= 0.3 is 0 Å². The predicted molar refractivity (Wildman–Crippen MR) is 96.9 cm³/mol. The lowest BCUT2D eigenvalue weighted by molar-refractivity contribution is 0.218. The molecule has 1 radical (unpaired) electrons. The first-order valence-electron chi connectivity index (χ1n) is 9.44. The van der Waals surface area contributed by atoms with Crippen molar-refractivity contribution in [3.8, 4) is 0 Å². The van der Waals surface area contributed by atoms with E-state index < -0.39 is 0 Å². The molecule has 0 aliphatic carbocycles. The highest BCUT2D eigenvalue weighted by Crippen LogP contribution is 2.29. The molecule has 1 heteroatoms. The maximum atomic E-state index is 3.97. The molecule has 1 aliphatic rings. The van der Waals surface area contributed by atoms with Crippen LogP contribution in [0.3, 0.4) is 0 Å². The van der Waals surface area contributed by atoms with E-state index in [0.717, 1.165) is 18.3 Å². The summed E-state index contributed by atoms with van der Waals surface area (Å²) in [6.07, 6.45) is 13.4. The first-order chi connectivity index (χ1) is 10.9. The van der Waals surface area contributed by atoms with Crippen molar-refractivity contribution in [3.05, 3.63) is 42.8 Å². The van der Waals surface area contributed by atoms with Crippen LogP contribution in [0.15, 0.2) is 30.3 Å². The lowest BCUT2D eigenvalue weighted by Gasteiger charge is -2.32. The highest BCUT2D eigenvalue weighted by molar-refractivity contribution is 5.14. The van der Waals surface area contributed by atoms with Crippen LogP contribution in [0.25, 0.3) is 0 Å². The van der Waals surface area contributed by atoms with Gasteiger partial charge in [0, 0.05) is 0 Å². The van der Waals surface area contributed by atoms with Crippen molar-refractivity contribution >= 4 is 0 Å². The molecule has 0 saturated carbocycles. The molecule has 2 unspecified atom stereocenters. The molecule has 1 aromatic rings. The van der Waals surface area contributed by atoms with Gasteiger partial charge in [-0.15, -0.1) is 0 Å². The Bertz CT molecular complexity index is 373. The molecule has 1 aliphatic heterocycles. The smallest absolute Gasteiger partial charge is 0.00179 e. The Morgan fingerprint density at radius 3 is 2.50 bits per heavy atom. The molecule has 1 nitrogen and oxygen atoms in total. The van der Waals surface area contributed by atoms with Gasteiger partial charge in [-0.05, 0) is 56.2 Å². The van der Waals surface area contributed by atoms with Crippen LogP contribution in [0.4, 0.5) is 0 Å². The third-order valence-corrected chi connectivity index (χ3v) is 5.22. The highest BCUT2D eigenvalue weighted by atomic mass is 14.9. The van der Waals surface area contributed by atoms with E-state index in [1.807, 2.05) is 0 Å². The van der Waals surface area contributed by atoms with Gasteiger partial charge in [-0.2, -0.15) is 0 Å². The number of nitrogens with one attached hydrogen (secondary N) is 1. The molecule has 2 atom stereocenters. The molecule has 0 bridgehead atoms. The van der Waals surface area contributed by atoms with E-state index in [9.17, 15) is 0 Å². The largest absolute Gasteiger partial charge is 0.316 e. The third-order valence-electron chi connectivity index (χ3n) is 5.22. The van der Waals surface area contributed by atoms with Gasteiger partial charge in [0.05, 0.1) is 0 Å². The molecular weight excluding hydrogens is 266 g/mol. The molecule has 1 saturated heterocycles. The van der Waals surface area contributed by atoms with E-state index in [0.29, 0.717) is 0 Å². The van der Waals surface area contributed by atoms with Crippen LogP contribution >= 0.6 is 0 Å². The van der Waals surface area contributed by atoms with Gasteiger partial charge in [0.1, 0.15) is 0 Å². The summed E-state index contributed by atoms with van der Waals surface area (Å²) >= 11 is 0. The third kappa shape index (κ3) is 6.52. The summed E-state index contributed by atoms with van der Waals surface area (Å²) in [6.45, 7) is 6.46. The quantitative estimate of drug-likeness (QED) is 0.570. The molecule has 1 fully saturated rings. The maximum Gasteiger partial charge on any atom is -0.00179 e. The first kappa shape index (κ1) is 17.5. The van der Waals surface area contributed by atoms with E-state index in [4.69, 9.17) is 0 Å². The van der Waals surface area contributed by atoms with E-state index in [-0.39, 0.29) is 0 Å². The number of benzene rings is 1. The Hall–Kier alpha value is -0.820. The van der Waals surface area contributed by atoms with Crippen LogP contribution in [0, 0.1) is 18.8 Å². The number of rotatable bonds is 10. The topological polar surface area (TPSA) is 12.0 Å². The van der Waals surface area contributed by atoms with Crippen molar-refractivity contribution in [2.75, 3.05) is 13.1 Å². The van der Waals surface area contributed by atoms with Gasteiger partial charge in [-0.1, -0.05) is 75.8 Å².